The third-order valence-electron chi connectivity index (χ3n) is 2.59. The van der Waals surface area contributed by atoms with E-state index in [4.69, 9.17) is 0 Å². The van der Waals surface area contributed by atoms with Gasteiger partial charge in [0.25, 0.3) is 0 Å². The number of carbonyl (C=O) groups excluding carboxylic acids is 1. The molecule has 0 saturated carbocycles. The van der Waals surface area contributed by atoms with E-state index in [1.54, 1.807) is 4.90 Å². The van der Waals surface area contributed by atoms with Gasteiger partial charge in [-0.2, -0.15) is 8.78 Å². The summed E-state index contributed by atoms with van der Waals surface area (Å²) in [4.78, 5) is 12.2. The van der Waals surface area contributed by atoms with Gasteiger partial charge in [0, 0.05) is 5.57 Å². The van der Waals surface area contributed by atoms with Gasteiger partial charge in [-0.3, -0.25) is 0 Å². The lowest BCUT2D eigenvalue weighted by molar-refractivity contribution is -0.894. The van der Waals surface area contributed by atoms with Gasteiger partial charge in [-0.25, -0.2) is 13.2 Å². The van der Waals surface area contributed by atoms with Gasteiger partial charge in [0.05, 0.1) is 19.6 Å². The molecule has 0 amide bonds. The smallest absolute Gasteiger partial charge is 0.367 e. The van der Waals surface area contributed by atoms with Crippen molar-refractivity contribution in [2.75, 3.05) is 26.2 Å². The van der Waals surface area contributed by atoms with Gasteiger partial charge >= 0.3 is 11.2 Å². The van der Waals surface area contributed by atoms with Crippen LogP contribution in [0, 0.1) is 0 Å². The van der Waals surface area contributed by atoms with Crippen molar-refractivity contribution < 1.29 is 41.7 Å². The zero-order valence-electron chi connectivity index (χ0n) is 13.2. The fourth-order valence-electron chi connectivity index (χ4n) is 1.09. The average molecular weight is 349 g/mol. The summed E-state index contributed by atoms with van der Waals surface area (Å²) >= 11 is 0. The van der Waals surface area contributed by atoms with E-state index in [1.165, 1.54) is 26.6 Å². The van der Waals surface area contributed by atoms with Gasteiger partial charge in [0.1, 0.15) is 0 Å². The number of ether oxygens (including phenoxy) is 1. The van der Waals surface area contributed by atoms with Crippen LogP contribution in [0.4, 0.5) is 8.78 Å². The molecule has 0 aromatic heterocycles. The number of esters is 1. The quantitative estimate of drug-likeness (QED) is 0.372. The molecule has 3 N–H and O–H groups in total. The van der Waals surface area contributed by atoms with Crippen molar-refractivity contribution in [3.8, 4) is 0 Å². The van der Waals surface area contributed by atoms with E-state index in [1.807, 2.05) is 0 Å². The monoisotopic (exact) mass is 349 g/mol. The van der Waals surface area contributed by atoms with Crippen LogP contribution in [0.1, 0.15) is 27.7 Å². The highest BCUT2D eigenvalue weighted by atomic mass is 32.2. The Kier molecular flexibility index (Phi) is 13.5. The average Bonchev–Trinajstić information content (AvgIpc) is 2.37. The molecule has 134 valence electrons. The summed E-state index contributed by atoms with van der Waals surface area (Å²) in [5.41, 5.74) is -0.177. The Hall–Kier alpha value is -1.10. The predicted molar refractivity (Wildman–Crippen MR) is 76.6 cm³/mol. The van der Waals surface area contributed by atoms with Crippen LogP contribution in [0.5, 0.6) is 0 Å². The molecule has 0 aliphatic carbocycles. The number of hydrogen-bond donors (Lipinski definition) is 1. The van der Waals surface area contributed by atoms with Crippen LogP contribution in [0.25, 0.3) is 0 Å². The van der Waals surface area contributed by atoms with Crippen molar-refractivity contribution >= 4 is 16.1 Å². The lowest BCUT2D eigenvalue weighted by atomic mass is 10.4. The SMILES string of the molecule is C=C(C)C(=O)OCC(F)(F)S(=O)(=O)[O-].CC[NH+](CC)CC.O. The number of rotatable bonds is 7. The molecule has 0 fully saturated rings. The van der Waals surface area contributed by atoms with E-state index in [0.717, 1.165) is 0 Å². The molecule has 0 aromatic rings. The summed E-state index contributed by atoms with van der Waals surface area (Å²) in [6.07, 6.45) is 0. The highest BCUT2D eigenvalue weighted by Gasteiger charge is 2.39. The molecule has 22 heavy (non-hydrogen) atoms. The van der Waals surface area contributed by atoms with E-state index in [9.17, 15) is 26.5 Å². The van der Waals surface area contributed by atoms with E-state index in [2.05, 4.69) is 32.1 Å². The first-order valence-electron chi connectivity index (χ1n) is 6.42. The summed E-state index contributed by atoms with van der Waals surface area (Å²) in [5.74, 6) is -1.19. The highest BCUT2D eigenvalue weighted by Crippen LogP contribution is 2.20. The fourth-order valence-corrected chi connectivity index (χ4v) is 1.30. The van der Waals surface area contributed by atoms with Gasteiger partial charge in [0.2, 0.25) is 0 Å². The first kappa shape index (κ1) is 25.8. The molecule has 0 radical (unpaired) electrons. The summed E-state index contributed by atoms with van der Waals surface area (Å²) in [6, 6.07) is 0. The number of quaternary nitrogens is 1. The summed E-state index contributed by atoms with van der Waals surface area (Å²) < 4.78 is 58.3. The molecule has 7 nitrogen and oxygen atoms in total. The van der Waals surface area contributed by atoms with Crippen molar-refractivity contribution in [1.29, 1.82) is 0 Å². The topological polar surface area (TPSA) is 119 Å². The lowest BCUT2D eigenvalue weighted by Gasteiger charge is -2.19. The molecule has 0 saturated heterocycles. The zero-order chi connectivity index (χ0) is 17.3. The number of carbonyl (C=O) groups is 1. The van der Waals surface area contributed by atoms with Crippen molar-refractivity contribution in [2.24, 2.45) is 0 Å². The molecule has 0 aliphatic rings. The second-order valence-electron chi connectivity index (χ2n) is 4.26. The van der Waals surface area contributed by atoms with Crippen LogP contribution in [-0.4, -0.2) is 55.9 Å². The first-order valence-corrected chi connectivity index (χ1v) is 7.83. The van der Waals surface area contributed by atoms with Crippen LogP contribution in [-0.2, 0) is 19.6 Å². The Morgan fingerprint density at radius 3 is 1.77 bits per heavy atom. The van der Waals surface area contributed by atoms with E-state index < -0.39 is 27.9 Å². The third kappa shape index (κ3) is 10.6. The van der Waals surface area contributed by atoms with Crippen LogP contribution < -0.4 is 4.90 Å². The second kappa shape index (κ2) is 11.5. The first-order chi connectivity index (χ1) is 9.42. The lowest BCUT2D eigenvalue weighted by Crippen LogP contribution is -3.11. The van der Waals surface area contributed by atoms with Crippen molar-refractivity contribution in [1.82, 2.24) is 0 Å². The molecule has 0 aromatic carbocycles. The molecular formula is C12H25F2NO6S. The van der Waals surface area contributed by atoms with Crippen LogP contribution in [0.2, 0.25) is 0 Å². The second-order valence-corrected chi connectivity index (χ2v) is 5.76. The van der Waals surface area contributed by atoms with E-state index >= 15 is 0 Å². The van der Waals surface area contributed by atoms with Crippen LogP contribution in [0.3, 0.4) is 0 Å². The van der Waals surface area contributed by atoms with Crippen LogP contribution in [0.15, 0.2) is 12.2 Å². The van der Waals surface area contributed by atoms with Crippen molar-refractivity contribution in [3.05, 3.63) is 12.2 Å². The normalized spacial score (nSPS) is 11.1. The minimum Gasteiger partial charge on any atom is -0.743 e. The maximum atomic E-state index is 12.3. The summed E-state index contributed by atoms with van der Waals surface area (Å²) in [7, 11) is -5.81. The minimum absolute atomic E-state index is 0. The minimum atomic E-state index is -5.81. The Balaban J connectivity index is -0.000000385. The Labute approximate surface area is 130 Å². The number of alkyl halides is 2. The molecule has 0 spiro atoms. The summed E-state index contributed by atoms with van der Waals surface area (Å²) in [5, 5.41) is -4.61. The fraction of sp³-hybridized carbons (Fsp3) is 0.750. The third-order valence-corrected chi connectivity index (χ3v) is 3.43. The van der Waals surface area contributed by atoms with Gasteiger partial charge < -0.3 is 19.7 Å². The maximum absolute atomic E-state index is 12.3. The van der Waals surface area contributed by atoms with Gasteiger partial charge in [-0.1, -0.05) is 6.58 Å². The summed E-state index contributed by atoms with van der Waals surface area (Å²) in [6.45, 7) is 12.9. The van der Waals surface area contributed by atoms with E-state index in [-0.39, 0.29) is 11.0 Å². The van der Waals surface area contributed by atoms with Gasteiger partial charge in [-0.15, -0.1) is 0 Å². The predicted octanol–water partition coefficient (Wildman–Crippen LogP) is -0.650. The maximum Gasteiger partial charge on any atom is 0.367 e. The highest BCUT2D eigenvalue weighted by molar-refractivity contribution is 7.86. The zero-order valence-corrected chi connectivity index (χ0v) is 14.1. The molecular weight excluding hydrogens is 324 g/mol. The van der Waals surface area contributed by atoms with Gasteiger partial charge in [-0.05, 0) is 27.7 Å². The number of nitrogens with one attached hydrogen (secondary N) is 1. The Morgan fingerprint density at radius 2 is 1.59 bits per heavy atom. The van der Waals surface area contributed by atoms with E-state index in [0.29, 0.717) is 0 Å². The standard InChI is InChI=1S/C6H8F2O5S.C6H15N.H2O/c1-4(2)5(9)13-3-6(7,8)14(10,11)12;1-4-7(5-2)6-3;/h1,3H2,2H3,(H,10,11,12);4-6H2,1-3H3;1H2. The van der Waals surface area contributed by atoms with Crippen molar-refractivity contribution in [2.45, 2.75) is 32.9 Å². The molecule has 10 heteroatoms. The molecule has 0 bridgehead atoms. The molecule has 0 unspecified atom stereocenters. The molecule has 0 heterocycles. The van der Waals surface area contributed by atoms with Gasteiger partial charge in [0.15, 0.2) is 16.7 Å². The molecule has 0 atom stereocenters. The molecule has 0 aliphatic heterocycles. The molecule has 0 rings (SSSR count). The number of hydrogen-bond acceptors (Lipinski definition) is 5. The number of halogens is 2. The Bertz CT molecular complexity index is 429. The Morgan fingerprint density at radius 1 is 1.23 bits per heavy atom. The van der Waals surface area contributed by atoms with Crippen LogP contribution >= 0.6 is 0 Å². The van der Waals surface area contributed by atoms with Crippen molar-refractivity contribution in [3.63, 3.8) is 0 Å². The largest absolute Gasteiger partial charge is 0.743 e.